The number of amides is 3. The highest BCUT2D eigenvalue weighted by atomic mass is 32.2. The van der Waals surface area contributed by atoms with Crippen LogP contribution in [-0.4, -0.2) is 102 Å². The number of primary amides is 1. The molecule has 3 amide bonds. The number of anilines is 2. The van der Waals surface area contributed by atoms with Crippen molar-refractivity contribution in [1.29, 1.82) is 0 Å². The number of thioether (sulfide) groups is 1. The van der Waals surface area contributed by atoms with E-state index in [2.05, 4.69) is 10.6 Å². The highest BCUT2D eigenvalue weighted by Gasteiger charge is 2.33. The fourth-order valence-electron chi connectivity index (χ4n) is 5.40. The van der Waals surface area contributed by atoms with E-state index in [1.165, 1.54) is 46.5 Å². The van der Waals surface area contributed by atoms with Gasteiger partial charge >= 0.3 is 12.1 Å². The highest BCUT2D eigenvalue weighted by molar-refractivity contribution is 8.00. The first-order valence-corrected chi connectivity index (χ1v) is 16.3. The van der Waals surface area contributed by atoms with Crippen LogP contribution in [0.1, 0.15) is 39.7 Å². The van der Waals surface area contributed by atoms with Crippen molar-refractivity contribution in [2.75, 3.05) is 44.3 Å². The Morgan fingerprint density at radius 3 is 2.37 bits per heavy atom. The van der Waals surface area contributed by atoms with E-state index < -0.39 is 54.9 Å². The lowest BCUT2D eigenvalue weighted by molar-refractivity contribution is -0.132. The number of aliphatic carboxylic acids is 1. The lowest BCUT2D eigenvalue weighted by Gasteiger charge is -2.30. The number of nitrogens with two attached hydrogens (primary N) is 1. The summed E-state index contributed by atoms with van der Waals surface area (Å²) in [7, 11) is 4.23. The van der Waals surface area contributed by atoms with Gasteiger partial charge in [0.25, 0.3) is 0 Å². The third-order valence-corrected chi connectivity index (χ3v) is 8.99. The molecule has 0 spiro atoms. The monoisotopic (exact) mass is 709 g/mol. The van der Waals surface area contributed by atoms with Crippen molar-refractivity contribution in [2.24, 2.45) is 17.6 Å². The Labute approximate surface area is 289 Å². The largest absolute Gasteiger partial charge is 0.505 e. The number of aromatic hydroxyl groups is 1. The van der Waals surface area contributed by atoms with Crippen molar-refractivity contribution in [3.8, 4) is 11.5 Å². The molecule has 49 heavy (non-hydrogen) atoms. The molecule has 8 N–H and O–H groups in total. The molecule has 1 aliphatic rings. The number of carboxylic acids is 1. The standard InChI is InChI=1S/C33H47N3O12S/c1-16(11-20-28(41)25(35-23(38)14-37)31-26(30(20)47-7)36-24(39)15-49-31)12-22(46-6)27(40)18(3)13-19(4)29(48-33(34)44)21(45-5)10-8-9-17(2)32(42)43/h8-10,13,16,18,21-22,27,29,37,40-41H,11-12,14-15H2,1-7H3,(H2,34,44)(H,35,38)(H,36,39)(H,42,43)/b10-8-,17-9+,19-13+/t16-,18+,21+,22+,27-,29+/m1/s1. The summed E-state index contributed by atoms with van der Waals surface area (Å²) in [4.78, 5) is 47.6. The number of allylic oxidation sites excluding steroid dienone is 2. The summed E-state index contributed by atoms with van der Waals surface area (Å²) in [5, 5.41) is 46.3. The van der Waals surface area contributed by atoms with E-state index in [0.29, 0.717) is 28.1 Å². The average Bonchev–Trinajstić information content (AvgIpc) is 3.05. The summed E-state index contributed by atoms with van der Waals surface area (Å²) in [6.07, 6.45) is 1.89. The number of carbonyl (C=O) groups is 4. The number of benzene rings is 1. The van der Waals surface area contributed by atoms with Crippen LogP contribution in [0.3, 0.4) is 0 Å². The molecule has 0 bridgehead atoms. The van der Waals surface area contributed by atoms with Gasteiger partial charge in [-0.3, -0.25) is 9.59 Å². The number of hydrogen-bond acceptors (Lipinski definition) is 12. The van der Waals surface area contributed by atoms with E-state index in [-0.39, 0.29) is 46.8 Å². The van der Waals surface area contributed by atoms with Crippen LogP contribution in [0, 0.1) is 11.8 Å². The normalized spacial score (nSPS) is 17.3. The van der Waals surface area contributed by atoms with Crippen LogP contribution < -0.4 is 21.1 Å². The molecule has 1 heterocycles. The number of aliphatic hydroxyl groups is 2. The van der Waals surface area contributed by atoms with E-state index in [0.717, 1.165) is 11.8 Å². The maximum Gasteiger partial charge on any atom is 0.405 e. The van der Waals surface area contributed by atoms with Gasteiger partial charge in [0.1, 0.15) is 18.5 Å². The number of carbonyl (C=O) groups excluding carboxylic acids is 3. The van der Waals surface area contributed by atoms with Gasteiger partial charge in [-0.15, -0.1) is 11.8 Å². The van der Waals surface area contributed by atoms with Crippen LogP contribution in [0.4, 0.5) is 16.2 Å². The van der Waals surface area contributed by atoms with Crippen LogP contribution in [0.5, 0.6) is 11.5 Å². The topological polar surface area (TPSA) is 236 Å². The van der Waals surface area contributed by atoms with Crippen molar-refractivity contribution < 1.29 is 58.6 Å². The first-order chi connectivity index (χ1) is 23.1. The number of fused-ring (bicyclic) bond motifs is 1. The summed E-state index contributed by atoms with van der Waals surface area (Å²) in [6.45, 7) is 5.90. The van der Waals surface area contributed by atoms with Crippen molar-refractivity contribution in [3.63, 3.8) is 0 Å². The Balaban J connectivity index is 2.35. The second-order valence-electron chi connectivity index (χ2n) is 11.7. The summed E-state index contributed by atoms with van der Waals surface area (Å²) in [5.74, 6) is -2.92. The Bertz CT molecular complexity index is 1460. The number of rotatable bonds is 18. The lowest BCUT2D eigenvalue weighted by Crippen LogP contribution is -2.37. The van der Waals surface area contributed by atoms with E-state index in [4.69, 9.17) is 29.8 Å². The van der Waals surface area contributed by atoms with Crippen LogP contribution in [-0.2, 0) is 35.0 Å². The molecule has 1 aromatic carbocycles. The van der Waals surface area contributed by atoms with Gasteiger partial charge in [0.2, 0.25) is 11.8 Å². The molecule has 15 nitrogen and oxygen atoms in total. The van der Waals surface area contributed by atoms with Gasteiger partial charge in [0.05, 0.1) is 41.3 Å². The lowest BCUT2D eigenvalue weighted by atomic mass is 9.87. The van der Waals surface area contributed by atoms with Crippen molar-refractivity contribution in [3.05, 3.63) is 41.0 Å². The van der Waals surface area contributed by atoms with E-state index >= 15 is 0 Å². The summed E-state index contributed by atoms with van der Waals surface area (Å²) in [6, 6.07) is 0. The molecule has 1 aliphatic heterocycles. The Hall–Kier alpha value is -4.09. The van der Waals surface area contributed by atoms with E-state index in [1.807, 2.05) is 6.92 Å². The third kappa shape index (κ3) is 11.2. The van der Waals surface area contributed by atoms with Gasteiger partial charge in [0.15, 0.2) is 11.9 Å². The number of methoxy groups -OCH3 is 3. The molecule has 0 unspecified atom stereocenters. The molecule has 6 atom stereocenters. The van der Waals surface area contributed by atoms with Crippen LogP contribution in [0.2, 0.25) is 0 Å². The summed E-state index contributed by atoms with van der Waals surface area (Å²) < 4.78 is 22.1. The molecule has 2 rings (SSSR count). The zero-order valence-electron chi connectivity index (χ0n) is 28.6. The highest BCUT2D eigenvalue weighted by Crippen LogP contribution is 2.52. The first kappa shape index (κ1) is 41.1. The molecule has 0 fully saturated rings. The molecular formula is C33H47N3O12S. The SMILES string of the molecule is COc1c(C[C@@H](C)C[C@H](OC)[C@H](O)[C@@H](C)/C=C(\C)[C@H](OC(N)=O)[C@H](/C=C\C=C(/C)C(=O)O)OC)c(O)c(NC(=O)CO)c2c1NC(=O)CS2. The molecule has 272 valence electrons. The Morgan fingerprint density at radius 2 is 1.82 bits per heavy atom. The molecule has 0 aliphatic carbocycles. The number of aliphatic hydroxyl groups excluding tert-OH is 2. The van der Waals surface area contributed by atoms with Crippen LogP contribution in [0.25, 0.3) is 0 Å². The smallest absolute Gasteiger partial charge is 0.405 e. The molecule has 16 heteroatoms. The van der Waals surface area contributed by atoms with Crippen LogP contribution >= 0.6 is 11.8 Å². The zero-order chi connectivity index (χ0) is 37.0. The second-order valence-corrected chi connectivity index (χ2v) is 12.6. The minimum atomic E-state index is -1.09. The predicted molar refractivity (Wildman–Crippen MR) is 183 cm³/mol. The van der Waals surface area contributed by atoms with Crippen LogP contribution in [0.15, 0.2) is 40.3 Å². The van der Waals surface area contributed by atoms with E-state index in [9.17, 15) is 34.5 Å². The number of phenolic OH excluding ortho intramolecular Hbond substituents is 1. The fraction of sp³-hybridized carbons (Fsp3) is 0.515. The number of ether oxygens (including phenoxy) is 4. The maximum absolute atomic E-state index is 12.3. The fourth-order valence-corrected chi connectivity index (χ4v) is 6.33. The molecular weight excluding hydrogens is 662 g/mol. The molecule has 0 aromatic heterocycles. The van der Waals surface area contributed by atoms with Gasteiger partial charge in [0, 0.05) is 31.3 Å². The molecule has 0 radical (unpaired) electrons. The quantitative estimate of drug-likeness (QED) is 0.0382. The number of nitrogens with one attached hydrogen (secondary N) is 2. The average molecular weight is 710 g/mol. The summed E-state index contributed by atoms with van der Waals surface area (Å²) >= 11 is 1.11. The minimum absolute atomic E-state index is 0.0459. The Morgan fingerprint density at radius 1 is 1.14 bits per heavy atom. The van der Waals surface area contributed by atoms with Crippen molar-refractivity contribution >= 4 is 47.0 Å². The number of hydrogen-bond donors (Lipinski definition) is 7. The molecule has 1 aromatic rings. The van der Waals surface area contributed by atoms with Gasteiger partial charge in [-0.1, -0.05) is 38.2 Å². The summed E-state index contributed by atoms with van der Waals surface area (Å²) in [5.41, 5.74) is 6.56. The Kier molecular flexibility index (Phi) is 16.1. The second kappa shape index (κ2) is 19.2. The first-order valence-electron chi connectivity index (χ1n) is 15.3. The zero-order valence-corrected chi connectivity index (χ0v) is 29.5. The van der Waals surface area contributed by atoms with Crippen molar-refractivity contribution in [2.45, 2.75) is 69.8 Å². The third-order valence-electron chi connectivity index (χ3n) is 7.88. The van der Waals surface area contributed by atoms with Gasteiger partial charge in [-0.25, -0.2) is 9.59 Å². The number of carboxylic acid groups (broad SMARTS) is 1. The maximum atomic E-state index is 12.3. The molecule has 0 saturated carbocycles. The number of phenols is 1. The van der Waals surface area contributed by atoms with Gasteiger partial charge in [-0.2, -0.15) is 0 Å². The van der Waals surface area contributed by atoms with Gasteiger partial charge in [-0.05, 0) is 38.2 Å². The van der Waals surface area contributed by atoms with Gasteiger partial charge < -0.3 is 55.7 Å². The van der Waals surface area contributed by atoms with E-state index in [1.54, 1.807) is 19.9 Å². The van der Waals surface area contributed by atoms with Crippen molar-refractivity contribution in [1.82, 2.24) is 0 Å². The predicted octanol–water partition coefficient (Wildman–Crippen LogP) is 2.97. The minimum Gasteiger partial charge on any atom is -0.505 e. The molecule has 0 saturated heterocycles.